The molecule has 0 aromatic rings. The van der Waals surface area contributed by atoms with Crippen LogP contribution in [-0.4, -0.2) is 29.5 Å². The Hall–Kier alpha value is 0.759. The first-order chi connectivity index (χ1) is 6.91. The topological polar surface area (TPSA) is 9.23 Å². The summed E-state index contributed by atoms with van der Waals surface area (Å²) in [4.78, 5) is 0. The molecule has 0 rings (SSSR count). The molecule has 14 heavy (non-hydrogen) atoms. The van der Waals surface area contributed by atoms with Crippen LogP contribution in [0.2, 0.25) is 0 Å². The zero-order valence-corrected chi connectivity index (χ0v) is 12.5. The van der Waals surface area contributed by atoms with Gasteiger partial charge in [-0.25, -0.2) is 0 Å². The number of unbranched alkanes of at least 4 members (excludes halogenated alkanes) is 9. The summed E-state index contributed by atoms with van der Waals surface area (Å²) in [5.74, 6) is 0. The van der Waals surface area contributed by atoms with E-state index in [2.05, 4.69) is 6.92 Å². The summed E-state index contributed by atoms with van der Waals surface area (Å²) in [5, 5.41) is 0. The van der Waals surface area contributed by atoms with Gasteiger partial charge in [0.1, 0.15) is 0 Å². The van der Waals surface area contributed by atoms with Crippen LogP contribution in [0.15, 0.2) is 0 Å². The molecule has 0 N–H and O–H groups in total. The standard InChI is InChI=1S/C12H25O.Sn/c1-2-3-4-5-6-7-8-9-10-11-12-13;/h2-12H2,1H3;/q-1;+4. The molecule has 0 aromatic heterocycles. The SMILES string of the molecule is CCCCCCCCCCCC[O][Sn+3]. The molecule has 0 saturated heterocycles. The Labute approximate surface area is 104 Å². The Morgan fingerprint density at radius 1 is 0.714 bits per heavy atom. The van der Waals surface area contributed by atoms with E-state index in [1.165, 1.54) is 87.1 Å². The van der Waals surface area contributed by atoms with Crippen molar-refractivity contribution in [1.82, 2.24) is 0 Å². The van der Waals surface area contributed by atoms with Gasteiger partial charge >= 0.3 is 96.8 Å². The molecular weight excluding hydrogens is 279 g/mol. The molecule has 0 heterocycles. The quantitative estimate of drug-likeness (QED) is 0.414. The molecule has 0 saturated carbocycles. The Morgan fingerprint density at radius 2 is 1.14 bits per heavy atom. The average molecular weight is 304 g/mol. The molecule has 0 atom stereocenters. The normalized spacial score (nSPS) is 10.8. The van der Waals surface area contributed by atoms with Gasteiger partial charge in [0.25, 0.3) is 0 Å². The van der Waals surface area contributed by atoms with E-state index in [0.717, 1.165) is 6.61 Å². The van der Waals surface area contributed by atoms with Crippen molar-refractivity contribution in [3.8, 4) is 0 Å². The van der Waals surface area contributed by atoms with Crippen LogP contribution in [0.3, 0.4) is 0 Å². The fraction of sp³-hybridized carbons (Fsp3) is 1.00. The Bertz CT molecular complexity index is 84.3. The third kappa shape index (κ3) is 12.8. The van der Waals surface area contributed by atoms with Crippen molar-refractivity contribution in [1.29, 1.82) is 0 Å². The van der Waals surface area contributed by atoms with Crippen LogP contribution in [0.4, 0.5) is 0 Å². The maximum absolute atomic E-state index is 5.10. The Balaban J connectivity index is 2.78. The van der Waals surface area contributed by atoms with E-state index in [9.17, 15) is 0 Å². The van der Waals surface area contributed by atoms with Gasteiger partial charge in [-0.15, -0.1) is 0 Å². The van der Waals surface area contributed by atoms with Crippen LogP contribution in [0.1, 0.15) is 71.1 Å². The summed E-state index contributed by atoms with van der Waals surface area (Å²) < 4.78 is 5.10. The molecule has 0 unspecified atom stereocenters. The predicted octanol–water partition coefficient (Wildman–Crippen LogP) is 4.01. The Kier molecular flexibility index (Phi) is 14.5. The number of hydrogen-bond donors (Lipinski definition) is 0. The molecule has 80 valence electrons. The van der Waals surface area contributed by atoms with Gasteiger partial charge in [-0.1, -0.05) is 6.92 Å². The van der Waals surface area contributed by atoms with Crippen LogP contribution in [0.25, 0.3) is 0 Å². The Morgan fingerprint density at radius 3 is 1.57 bits per heavy atom. The maximum atomic E-state index is 5.10. The summed E-state index contributed by atoms with van der Waals surface area (Å²) >= 11 is 1.22. The van der Waals surface area contributed by atoms with Gasteiger partial charge in [0.15, 0.2) is 0 Å². The van der Waals surface area contributed by atoms with Crippen molar-refractivity contribution >= 4 is 22.9 Å². The molecule has 0 amide bonds. The van der Waals surface area contributed by atoms with E-state index in [1.807, 2.05) is 0 Å². The van der Waals surface area contributed by atoms with Gasteiger partial charge in [0.2, 0.25) is 0 Å². The third-order valence-electron chi connectivity index (χ3n) is 2.60. The minimum absolute atomic E-state index is 0.981. The van der Waals surface area contributed by atoms with Crippen LogP contribution in [0, 0.1) is 0 Å². The molecule has 0 radical (unpaired) electrons. The molecule has 0 aromatic carbocycles. The zero-order chi connectivity index (χ0) is 10.5. The van der Waals surface area contributed by atoms with E-state index in [1.54, 1.807) is 0 Å². The first kappa shape index (κ1) is 14.8. The number of rotatable bonds is 11. The first-order valence-corrected chi connectivity index (χ1v) is 7.37. The van der Waals surface area contributed by atoms with Gasteiger partial charge in [-0.3, -0.25) is 0 Å². The van der Waals surface area contributed by atoms with Gasteiger partial charge < -0.3 is 0 Å². The summed E-state index contributed by atoms with van der Waals surface area (Å²) in [6.07, 6.45) is 14.1. The first-order valence-electron chi connectivity index (χ1n) is 6.20. The van der Waals surface area contributed by atoms with Crippen molar-refractivity contribution in [3.63, 3.8) is 0 Å². The molecule has 0 fully saturated rings. The molecular formula is C12H25OSn+3. The second-order valence-corrected chi connectivity index (χ2v) is 4.85. The summed E-state index contributed by atoms with van der Waals surface area (Å²) in [7, 11) is 0. The molecule has 1 nitrogen and oxygen atoms in total. The predicted molar refractivity (Wildman–Crippen MR) is 63.6 cm³/mol. The van der Waals surface area contributed by atoms with Gasteiger partial charge in [0.05, 0.1) is 0 Å². The van der Waals surface area contributed by atoms with Crippen LogP contribution >= 0.6 is 0 Å². The molecule has 0 spiro atoms. The fourth-order valence-corrected chi connectivity index (χ4v) is 2.07. The average Bonchev–Trinajstić information content (AvgIpc) is 2.21. The molecule has 2 heteroatoms. The van der Waals surface area contributed by atoms with Crippen LogP contribution in [0.5, 0.6) is 0 Å². The van der Waals surface area contributed by atoms with E-state index >= 15 is 0 Å². The van der Waals surface area contributed by atoms with E-state index < -0.39 is 0 Å². The monoisotopic (exact) mass is 305 g/mol. The molecule has 0 bridgehead atoms. The summed E-state index contributed by atoms with van der Waals surface area (Å²) in [5.41, 5.74) is 0. The number of hydrogen-bond acceptors (Lipinski definition) is 1. The second kappa shape index (κ2) is 13.8. The molecule has 0 aliphatic heterocycles. The van der Waals surface area contributed by atoms with Gasteiger partial charge in [0, 0.05) is 0 Å². The summed E-state index contributed by atoms with van der Waals surface area (Å²) in [6.45, 7) is 3.26. The van der Waals surface area contributed by atoms with Crippen molar-refractivity contribution in [2.75, 3.05) is 6.61 Å². The minimum atomic E-state index is 0.981. The van der Waals surface area contributed by atoms with Crippen molar-refractivity contribution in [2.24, 2.45) is 0 Å². The third-order valence-corrected chi connectivity index (χ3v) is 3.18. The second-order valence-electron chi connectivity index (χ2n) is 4.03. The van der Waals surface area contributed by atoms with Gasteiger partial charge in [-0.05, 0) is 0 Å². The van der Waals surface area contributed by atoms with E-state index in [-0.39, 0.29) is 0 Å². The van der Waals surface area contributed by atoms with Crippen molar-refractivity contribution < 1.29 is 3.07 Å². The van der Waals surface area contributed by atoms with Gasteiger partial charge in [-0.2, -0.15) is 0 Å². The fourth-order valence-electron chi connectivity index (χ4n) is 1.66. The molecule has 0 aliphatic rings. The van der Waals surface area contributed by atoms with Crippen molar-refractivity contribution in [3.05, 3.63) is 0 Å². The van der Waals surface area contributed by atoms with Crippen LogP contribution < -0.4 is 0 Å². The molecule has 0 aliphatic carbocycles. The van der Waals surface area contributed by atoms with Crippen LogP contribution in [-0.2, 0) is 3.07 Å². The zero-order valence-electron chi connectivity index (χ0n) is 9.69. The van der Waals surface area contributed by atoms with E-state index in [4.69, 9.17) is 3.07 Å². The van der Waals surface area contributed by atoms with E-state index in [0.29, 0.717) is 0 Å². The van der Waals surface area contributed by atoms with Crippen molar-refractivity contribution in [2.45, 2.75) is 71.1 Å². The summed E-state index contributed by atoms with van der Waals surface area (Å²) in [6, 6.07) is 0.